The van der Waals surface area contributed by atoms with Crippen LogP contribution in [0.2, 0.25) is 0 Å². The second-order valence-electron chi connectivity index (χ2n) is 4.53. The predicted octanol–water partition coefficient (Wildman–Crippen LogP) is 3.37. The Labute approximate surface area is 122 Å². The van der Waals surface area contributed by atoms with Crippen LogP contribution in [-0.2, 0) is 17.6 Å². The number of Topliss-reactive ketones (excluding diaryl/α,β-unsaturated/α-hetero) is 1. The third kappa shape index (κ3) is 4.03. The van der Waals surface area contributed by atoms with Gasteiger partial charge in [-0.15, -0.1) is 11.3 Å². The fraction of sp³-hybridized carbons (Fsp3) is 0.250. The van der Waals surface area contributed by atoms with E-state index in [0.717, 1.165) is 21.9 Å². The summed E-state index contributed by atoms with van der Waals surface area (Å²) in [4.78, 5) is 16.2. The van der Waals surface area contributed by atoms with Gasteiger partial charge < -0.3 is 4.74 Å². The molecule has 4 heteroatoms. The molecular weight excluding hydrogens is 270 g/mol. The fourth-order valence-electron chi connectivity index (χ4n) is 1.87. The lowest BCUT2D eigenvalue weighted by atomic mass is 10.0. The van der Waals surface area contributed by atoms with Crippen LogP contribution in [0.25, 0.3) is 0 Å². The normalized spacial score (nSPS) is 10.2. The topological polar surface area (TPSA) is 39.2 Å². The number of ether oxygens (including phenoxy) is 1. The van der Waals surface area contributed by atoms with Crippen molar-refractivity contribution in [3.8, 4) is 5.75 Å². The summed E-state index contributed by atoms with van der Waals surface area (Å²) in [5.74, 6) is 0.907. The van der Waals surface area contributed by atoms with Gasteiger partial charge in [0.2, 0.25) is 0 Å². The quantitative estimate of drug-likeness (QED) is 0.733. The zero-order valence-electron chi connectivity index (χ0n) is 11.5. The highest BCUT2D eigenvalue weighted by Gasteiger charge is 2.11. The summed E-state index contributed by atoms with van der Waals surface area (Å²) in [5, 5.41) is 2.74. The Morgan fingerprint density at radius 2 is 2.30 bits per heavy atom. The first-order chi connectivity index (χ1) is 9.69. The number of carbonyl (C=O) groups excluding carboxylic acids is 1. The molecule has 0 bridgehead atoms. The second kappa shape index (κ2) is 7.01. The summed E-state index contributed by atoms with van der Waals surface area (Å²) in [7, 11) is 0. The summed E-state index contributed by atoms with van der Waals surface area (Å²) in [6.07, 6.45) is 4.17. The lowest BCUT2D eigenvalue weighted by Gasteiger charge is -2.10. The maximum atomic E-state index is 12.1. The molecule has 0 aliphatic rings. The molecule has 2 aromatic rings. The molecule has 1 heterocycles. The number of aryl methyl sites for hydroxylation is 1. The van der Waals surface area contributed by atoms with E-state index in [4.69, 9.17) is 4.74 Å². The van der Waals surface area contributed by atoms with Gasteiger partial charge in [-0.1, -0.05) is 24.8 Å². The molecule has 1 aromatic carbocycles. The number of hydrogen-bond donors (Lipinski definition) is 0. The average Bonchev–Trinajstić information content (AvgIpc) is 2.91. The molecule has 2 rings (SSSR count). The minimum Gasteiger partial charge on any atom is -0.489 e. The standard InChI is InChI=1S/C16H17NO2S/c1-3-7-19-15-9-12(2)4-5-13(15)10-14(18)11-16-17-6-8-20-16/h3-6,8-9H,1,7,10-11H2,2H3. The molecular formula is C16H17NO2S. The molecule has 0 saturated heterocycles. The van der Waals surface area contributed by atoms with E-state index in [0.29, 0.717) is 19.4 Å². The van der Waals surface area contributed by atoms with Gasteiger partial charge in [-0.2, -0.15) is 0 Å². The molecule has 0 spiro atoms. The monoisotopic (exact) mass is 287 g/mol. The first-order valence-electron chi connectivity index (χ1n) is 6.42. The van der Waals surface area contributed by atoms with Gasteiger partial charge in [-0.05, 0) is 18.6 Å². The van der Waals surface area contributed by atoms with Crippen LogP contribution in [0.3, 0.4) is 0 Å². The van der Waals surface area contributed by atoms with Crippen molar-refractivity contribution in [3.63, 3.8) is 0 Å². The molecule has 0 aliphatic heterocycles. The molecule has 0 N–H and O–H groups in total. The van der Waals surface area contributed by atoms with Gasteiger partial charge in [0.15, 0.2) is 0 Å². The van der Waals surface area contributed by atoms with E-state index in [9.17, 15) is 4.79 Å². The average molecular weight is 287 g/mol. The molecule has 0 atom stereocenters. The van der Waals surface area contributed by atoms with Gasteiger partial charge in [0.05, 0.1) is 11.4 Å². The van der Waals surface area contributed by atoms with Crippen molar-refractivity contribution >= 4 is 17.1 Å². The first-order valence-corrected chi connectivity index (χ1v) is 7.30. The SMILES string of the molecule is C=CCOc1cc(C)ccc1CC(=O)Cc1nccs1. The van der Waals surface area contributed by atoms with Crippen LogP contribution >= 0.6 is 11.3 Å². The first kappa shape index (κ1) is 14.5. The molecule has 1 aromatic heterocycles. The Kier molecular flexibility index (Phi) is 5.07. The van der Waals surface area contributed by atoms with Crippen molar-refractivity contribution in [2.45, 2.75) is 19.8 Å². The molecule has 3 nitrogen and oxygen atoms in total. The molecule has 0 unspecified atom stereocenters. The highest BCUT2D eigenvalue weighted by Crippen LogP contribution is 2.22. The largest absolute Gasteiger partial charge is 0.489 e. The van der Waals surface area contributed by atoms with E-state index in [2.05, 4.69) is 11.6 Å². The molecule has 104 valence electrons. The van der Waals surface area contributed by atoms with E-state index < -0.39 is 0 Å². The zero-order valence-corrected chi connectivity index (χ0v) is 12.3. The minimum atomic E-state index is 0.146. The predicted molar refractivity (Wildman–Crippen MR) is 81.4 cm³/mol. The molecule has 0 amide bonds. The molecule has 0 fully saturated rings. The fourth-order valence-corrected chi connectivity index (χ4v) is 2.52. The number of hydrogen-bond acceptors (Lipinski definition) is 4. The Morgan fingerprint density at radius 1 is 1.45 bits per heavy atom. The van der Waals surface area contributed by atoms with Crippen LogP contribution in [0.15, 0.2) is 42.4 Å². The lowest BCUT2D eigenvalue weighted by Crippen LogP contribution is -2.08. The highest BCUT2D eigenvalue weighted by atomic mass is 32.1. The lowest BCUT2D eigenvalue weighted by molar-refractivity contribution is -0.117. The van der Waals surface area contributed by atoms with Gasteiger partial charge in [-0.3, -0.25) is 4.79 Å². The van der Waals surface area contributed by atoms with Crippen LogP contribution in [0.4, 0.5) is 0 Å². The minimum absolute atomic E-state index is 0.146. The number of benzene rings is 1. The number of carbonyl (C=O) groups is 1. The summed E-state index contributed by atoms with van der Waals surface area (Å²) in [5.41, 5.74) is 2.03. The summed E-state index contributed by atoms with van der Waals surface area (Å²) in [6.45, 7) is 6.08. The molecule has 0 saturated carbocycles. The number of nitrogens with zero attached hydrogens (tertiary/aromatic N) is 1. The molecule has 0 aliphatic carbocycles. The Balaban J connectivity index is 2.07. The highest BCUT2D eigenvalue weighted by molar-refractivity contribution is 7.09. The number of thiazole rings is 1. The van der Waals surface area contributed by atoms with Crippen LogP contribution in [0, 0.1) is 6.92 Å². The molecule has 0 radical (unpaired) electrons. The van der Waals surface area contributed by atoms with Crippen molar-refractivity contribution in [3.05, 3.63) is 58.6 Å². The Morgan fingerprint density at radius 3 is 3.00 bits per heavy atom. The van der Waals surface area contributed by atoms with Crippen molar-refractivity contribution in [1.82, 2.24) is 4.98 Å². The van der Waals surface area contributed by atoms with Crippen LogP contribution in [0.1, 0.15) is 16.1 Å². The number of rotatable bonds is 7. The third-order valence-electron chi connectivity index (χ3n) is 2.80. The maximum absolute atomic E-state index is 12.1. The van der Waals surface area contributed by atoms with E-state index in [1.165, 1.54) is 11.3 Å². The van der Waals surface area contributed by atoms with Gasteiger partial charge in [0, 0.05) is 23.6 Å². The van der Waals surface area contributed by atoms with Crippen molar-refractivity contribution in [2.24, 2.45) is 0 Å². The van der Waals surface area contributed by atoms with Gasteiger partial charge in [-0.25, -0.2) is 4.98 Å². The summed E-state index contributed by atoms with van der Waals surface area (Å²) >= 11 is 1.51. The Bertz CT molecular complexity index is 591. The van der Waals surface area contributed by atoms with Crippen LogP contribution < -0.4 is 4.74 Å². The van der Waals surface area contributed by atoms with E-state index in [1.54, 1.807) is 12.3 Å². The van der Waals surface area contributed by atoms with Crippen LogP contribution in [-0.4, -0.2) is 17.4 Å². The third-order valence-corrected chi connectivity index (χ3v) is 3.58. The Hall–Kier alpha value is -1.94. The second-order valence-corrected chi connectivity index (χ2v) is 5.51. The summed E-state index contributed by atoms with van der Waals surface area (Å²) in [6, 6.07) is 5.90. The molecule has 20 heavy (non-hydrogen) atoms. The van der Waals surface area contributed by atoms with Gasteiger partial charge >= 0.3 is 0 Å². The number of ketones is 1. The van der Waals surface area contributed by atoms with Gasteiger partial charge in [0.1, 0.15) is 18.1 Å². The smallest absolute Gasteiger partial charge is 0.144 e. The van der Waals surface area contributed by atoms with E-state index in [-0.39, 0.29) is 5.78 Å². The van der Waals surface area contributed by atoms with Crippen molar-refractivity contribution in [2.75, 3.05) is 6.61 Å². The van der Waals surface area contributed by atoms with Gasteiger partial charge in [0.25, 0.3) is 0 Å². The summed E-state index contributed by atoms with van der Waals surface area (Å²) < 4.78 is 5.62. The van der Waals surface area contributed by atoms with E-state index in [1.807, 2.05) is 30.5 Å². The number of aromatic nitrogens is 1. The van der Waals surface area contributed by atoms with Crippen LogP contribution in [0.5, 0.6) is 5.75 Å². The van der Waals surface area contributed by atoms with Crippen molar-refractivity contribution < 1.29 is 9.53 Å². The maximum Gasteiger partial charge on any atom is 0.144 e. The van der Waals surface area contributed by atoms with Crippen molar-refractivity contribution in [1.29, 1.82) is 0 Å². The van der Waals surface area contributed by atoms with E-state index >= 15 is 0 Å². The zero-order chi connectivity index (χ0) is 14.4.